The fourth-order valence-corrected chi connectivity index (χ4v) is 3.57. The third-order valence-corrected chi connectivity index (χ3v) is 4.82. The van der Waals surface area contributed by atoms with Gasteiger partial charge in [0.25, 0.3) is 0 Å². The van der Waals surface area contributed by atoms with Gasteiger partial charge in [0.1, 0.15) is 5.54 Å². The fraction of sp³-hybridized carbons (Fsp3) is 0.857. The lowest BCUT2D eigenvalue weighted by Crippen LogP contribution is -2.47. The summed E-state index contributed by atoms with van der Waals surface area (Å²) < 4.78 is 0. The van der Waals surface area contributed by atoms with E-state index in [0.29, 0.717) is 12.3 Å². The molecule has 0 aromatic heterocycles. The lowest BCUT2D eigenvalue weighted by atomic mass is 9.94. The molecule has 1 aliphatic rings. The minimum Gasteiger partial charge on any atom is -0.337 e. The Kier molecular flexibility index (Phi) is 6.56. The molecule has 0 saturated carbocycles. The largest absolute Gasteiger partial charge is 0.337 e. The summed E-state index contributed by atoms with van der Waals surface area (Å²) in [6, 6.07) is 2.29. The third-order valence-electron chi connectivity index (χ3n) is 3.63. The predicted molar refractivity (Wildman–Crippen MR) is 76.4 cm³/mol. The Morgan fingerprint density at radius 1 is 1.56 bits per heavy atom. The average Bonchev–Trinajstić information content (AvgIpc) is 2.83. The first-order valence-corrected chi connectivity index (χ1v) is 8.11. The van der Waals surface area contributed by atoms with Gasteiger partial charge >= 0.3 is 0 Å². The van der Waals surface area contributed by atoms with Gasteiger partial charge in [0.2, 0.25) is 5.91 Å². The van der Waals surface area contributed by atoms with Crippen LogP contribution in [0.25, 0.3) is 0 Å². The monoisotopic (exact) mass is 268 g/mol. The summed E-state index contributed by atoms with van der Waals surface area (Å²) in [5.74, 6) is 2.23. The predicted octanol–water partition coefficient (Wildman–Crippen LogP) is 3.11. The summed E-state index contributed by atoms with van der Waals surface area (Å²) in [4.78, 5) is 12.0. The third kappa shape index (κ3) is 4.53. The molecule has 0 radical (unpaired) electrons. The van der Waals surface area contributed by atoms with Crippen molar-refractivity contribution in [1.29, 1.82) is 5.26 Å². The molecule has 1 rings (SSSR count). The van der Waals surface area contributed by atoms with Crippen molar-refractivity contribution < 1.29 is 4.79 Å². The Morgan fingerprint density at radius 3 is 2.83 bits per heavy atom. The number of carbonyl (C=O) groups excluding carboxylic acids is 1. The van der Waals surface area contributed by atoms with Crippen LogP contribution in [0.1, 0.15) is 52.4 Å². The highest BCUT2D eigenvalue weighted by molar-refractivity contribution is 7.99. The van der Waals surface area contributed by atoms with Crippen LogP contribution in [0.5, 0.6) is 0 Å². The van der Waals surface area contributed by atoms with Crippen molar-refractivity contribution in [3.8, 4) is 6.07 Å². The maximum absolute atomic E-state index is 12.0. The number of nitriles is 1. The lowest BCUT2D eigenvalue weighted by molar-refractivity contribution is -0.123. The smallest absolute Gasteiger partial charge is 0.221 e. The Morgan fingerprint density at radius 2 is 2.33 bits per heavy atom. The Labute approximate surface area is 115 Å². The van der Waals surface area contributed by atoms with Crippen LogP contribution in [0.3, 0.4) is 0 Å². The van der Waals surface area contributed by atoms with Gasteiger partial charge in [-0.1, -0.05) is 33.1 Å². The first-order chi connectivity index (χ1) is 8.65. The molecule has 1 fully saturated rings. The first-order valence-electron chi connectivity index (χ1n) is 6.95. The summed E-state index contributed by atoms with van der Waals surface area (Å²) in [6.45, 7) is 4.31. The molecule has 4 heteroatoms. The maximum Gasteiger partial charge on any atom is 0.221 e. The van der Waals surface area contributed by atoms with Crippen LogP contribution in [0.15, 0.2) is 0 Å². The fourth-order valence-electron chi connectivity index (χ4n) is 2.30. The molecule has 1 amide bonds. The number of hydrogen-bond donors (Lipinski definition) is 1. The van der Waals surface area contributed by atoms with Gasteiger partial charge in [0, 0.05) is 12.2 Å². The van der Waals surface area contributed by atoms with Gasteiger partial charge in [-0.15, -0.1) is 0 Å². The second-order valence-electron chi connectivity index (χ2n) is 5.17. The molecule has 1 N–H and O–H groups in total. The highest BCUT2D eigenvalue weighted by Gasteiger charge is 2.36. The van der Waals surface area contributed by atoms with E-state index in [1.807, 2.05) is 0 Å². The van der Waals surface area contributed by atoms with Gasteiger partial charge in [-0.25, -0.2) is 0 Å². The molecule has 102 valence electrons. The average molecular weight is 268 g/mol. The van der Waals surface area contributed by atoms with E-state index in [2.05, 4.69) is 25.2 Å². The van der Waals surface area contributed by atoms with Gasteiger partial charge in [-0.3, -0.25) is 4.79 Å². The molecule has 0 aromatic carbocycles. The van der Waals surface area contributed by atoms with E-state index in [1.54, 1.807) is 11.8 Å². The zero-order valence-electron chi connectivity index (χ0n) is 11.5. The van der Waals surface area contributed by atoms with Gasteiger partial charge in [-0.2, -0.15) is 17.0 Å². The summed E-state index contributed by atoms with van der Waals surface area (Å²) in [5.41, 5.74) is -0.592. The second kappa shape index (κ2) is 7.68. The number of rotatable bonds is 7. The minimum atomic E-state index is -0.592. The minimum absolute atomic E-state index is 0.0574. The molecular weight excluding hydrogens is 244 g/mol. The molecule has 0 unspecified atom stereocenters. The van der Waals surface area contributed by atoms with E-state index >= 15 is 0 Å². The first kappa shape index (κ1) is 15.4. The van der Waals surface area contributed by atoms with Crippen LogP contribution >= 0.6 is 11.8 Å². The maximum atomic E-state index is 12.0. The zero-order valence-corrected chi connectivity index (χ0v) is 12.3. The molecule has 0 spiro atoms. The van der Waals surface area contributed by atoms with Gasteiger partial charge in [0.15, 0.2) is 0 Å². The molecule has 2 atom stereocenters. The highest BCUT2D eigenvalue weighted by Crippen LogP contribution is 2.28. The van der Waals surface area contributed by atoms with Crippen molar-refractivity contribution in [2.24, 2.45) is 5.92 Å². The summed E-state index contributed by atoms with van der Waals surface area (Å²) in [7, 11) is 0. The number of nitrogens with one attached hydrogen (secondary N) is 1. The summed E-state index contributed by atoms with van der Waals surface area (Å²) in [6.07, 6.45) is 5.88. The van der Waals surface area contributed by atoms with Crippen molar-refractivity contribution in [2.45, 2.75) is 57.9 Å². The molecule has 0 bridgehead atoms. The standard InChI is InChI=1S/C14H24N2OS/c1-3-5-6-12(4-2)9-13(17)16-14(10-15)7-8-18-11-14/h12H,3-9,11H2,1-2H3,(H,16,17)/t12-,14+/m0/s1. The zero-order chi connectivity index (χ0) is 13.4. The SMILES string of the molecule is CCCC[C@H](CC)CC(=O)N[C@@]1(C#N)CCSC1. The van der Waals surface area contributed by atoms with Crippen molar-refractivity contribution in [3.05, 3.63) is 0 Å². The van der Waals surface area contributed by atoms with Crippen LogP contribution in [0.4, 0.5) is 0 Å². The molecule has 1 saturated heterocycles. The van der Waals surface area contributed by atoms with Crippen molar-refractivity contribution in [1.82, 2.24) is 5.32 Å². The van der Waals surface area contributed by atoms with Crippen molar-refractivity contribution in [3.63, 3.8) is 0 Å². The molecule has 1 aliphatic heterocycles. The van der Waals surface area contributed by atoms with Crippen LogP contribution in [0, 0.1) is 17.2 Å². The van der Waals surface area contributed by atoms with Gasteiger partial charge in [0.05, 0.1) is 6.07 Å². The van der Waals surface area contributed by atoms with E-state index < -0.39 is 5.54 Å². The van der Waals surface area contributed by atoms with Crippen LogP contribution in [0.2, 0.25) is 0 Å². The number of unbranched alkanes of at least 4 members (excludes halogenated alkanes) is 1. The number of nitrogens with zero attached hydrogens (tertiary/aromatic N) is 1. The molecule has 0 aliphatic carbocycles. The lowest BCUT2D eigenvalue weighted by Gasteiger charge is -2.23. The van der Waals surface area contributed by atoms with E-state index in [1.165, 1.54) is 12.8 Å². The van der Waals surface area contributed by atoms with Crippen molar-refractivity contribution >= 4 is 17.7 Å². The van der Waals surface area contributed by atoms with E-state index in [9.17, 15) is 10.1 Å². The highest BCUT2D eigenvalue weighted by atomic mass is 32.2. The molecule has 18 heavy (non-hydrogen) atoms. The number of thioether (sulfide) groups is 1. The Bertz CT molecular complexity index is 305. The van der Waals surface area contributed by atoms with Gasteiger partial charge < -0.3 is 5.32 Å². The molecule has 1 heterocycles. The molecule has 0 aromatic rings. The number of hydrogen-bond acceptors (Lipinski definition) is 3. The summed E-state index contributed by atoms with van der Waals surface area (Å²) in [5, 5.41) is 12.2. The van der Waals surface area contributed by atoms with E-state index in [0.717, 1.165) is 30.8 Å². The van der Waals surface area contributed by atoms with Crippen LogP contribution < -0.4 is 5.32 Å². The van der Waals surface area contributed by atoms with Gasteiger partial charge in [-0.05, 0) is 24.5 Å². The van der Waals surface area contributed by atoms with Crippen LogP contribution in [-0.2, 0) is 4.79 Å². The quantitative estimate of drug-likeness (QED) is 0.772. The topological polar surface area (TPSA) is 52.9 Å². The van der Waals surface area contributed by atoms with Crippen molar-refractivity contribution in [2.75, 3.05) is 11.5 Å². The number of carbonyl (C=O) groups is 1. The van der Waals surface area contributed by atoms with E-state index in [-0.39, 0.29) is 5.91 Å². The molecule has 3 nitrogen and oxygen atoms in total. The Hall–Kier alpha value is -0.690. The number of amides is 1. The van der Waals surface area contributed by atoms with Crippen LogP contribution in [-0.4, -0.2) is 23.0 Å². The second-order valence-corrected chi connectivity index (χ2v) is 6.27. The Balaban J connectivity index is 2.42. The molecular formula is C14H24N2OS. The summed E-state index contributed by atoms with van der Waals surface area (Å²) >= 11 is 1.75. The van der Waals surface area contributed by atoms with E-state index in [4.69, 9.17) is 0 Å². The normalized spacial score (nSPS) is 24.5.